The van der Waals surface area contributed by atoms with Crippen LogP contribution in [0.5, 0.6) is 5.75 Å². The van der Waals surface area contributed by atoms with Crippen molar-refractivity contribution in [2.24, 2.45) is 0 Å². The van der Waals surface area contributed by atoms with Crippen LogP contribution in [0.25, 0.3) is 11.2 Å². The van der Waals surface area contributed by atoms with E-state index in [0.717, 1.165) is 0 Å². The van der Waals surface area contributed by atoms with E-state index in [2.05, 4.69) is 15.0 Å². The number of anilines is 1. The van der Waals surface area contributed by atoms with Crippen LogP contribution in [-0.4, -0.2) is 56.4 Å². The van der Waals surface area contributed by atoms with Crippen LogP contribution in [0, 0.1) is 0 Å². The van der Waals surface area contributed by atoms with Gasteiger partial charge in [0.1, 0.15) is 30.7 Å². The number of aromatic amines is 1. The van der Waals surface area contributed by atoms with Crippen molar-refractivity contribution in [2.45, 2.75) is 44.2 Å². The molecule has 1 aromatic carbocycles. The van der Waals surface area contributed by atoms with Gasteiger partial charge in [-0.15, -0.1) is 0 Å². The third kappa shape index (κ3) is 3.68. The zero-order valence-corrected chi connectivity index (χ0v) is 17.3. The Bertz CT molecular complexity index is 1210. The molecule has 2 aromatic heterocycles. The number of nitrogens with one attached hydrogen (secondary N) is 1. The number of carbonyl (C=O) groups excluding carboxylic acids is 1. The number of ether oxygens (including phenoxy) is 5. The number of benzene rings is 1. The molecule has 32 heavy (non-hydrogen) atoms. The molecule has 3 N–H and O–H groups in total. The average molecular weight is 443 g/mol. The minimum atomic E-state index is -0.888. The topological polar surface area (TPSA) is 153 Å². The van der Waals surface area contributed by atoms with Crippen molar-refractivity contribution in [2.75, 3.05) is 12.3 Å². The normalized spacial score (nSPS) is 26.2. The summed E-state index contributed by atoms with van der Waals surface area (Å²) in [5.41, 5.74) is 5.59. The number of aromatic nitrogens is 4. The number of fused-ring (bicyclic) bond motifs is 2. The van der Waals surface area contributed by atoms with Gasteiger partial charge in [-0.05, 0) is 26.0 Å². The second-order valence-corrected chi connectivity index (χ2v) is 7.88. The van der Waals surface area contributed by atoms with Gasteiger partial charge in [0.25, 0.3) is 5.56 Å². The van der Waals surface area contributed by atoms with Crippen LogP contribution in [-0.2, 0) is 18.9 Å². The summed E-state index contributed by atoms with van der Waals surface area (Å²) in [6.45, 7) is 3.42. The second kappa shape index (κ2) is 7.58. The van der Waals surface area contributed by atoms with E-state index in [1.54, 1.807) is 48.7 Å². The number of hydrogen-bond acceptors (Lipinski definition) is 10. The molecule has 168 valence electrons. The Balaban J connectivity index is 1.37. The Morgan fingerprint density at radius 3 is 2.78 bits per heavy atom. The van der Waals surface area contributed by atoms with E-state index in [-0.39, 0.29) is 23.7 Å². The van der Waals surface area contributed by atoms with Crippen LogP contribution in [0.1, 0.15) is 20.1 Å². The molecule has 3 aromatic rings. The van der Waals surface area contributed by atoms with Crippen molar-refractivity contribution in [3.63, 3.8) is 0 Å². The highest BCUT2D eigenvalue weighted by atomic mass is 16.8. The summed E-state index contributed by atoms with van der Waals surface area (Å²) < 4.78 is 30.1. The summed E-state index contributed by atoms with van der Waals surface area (Å²) in [6.07, 6.45) is -1.95. The van der Waals surface area contributed by atoms with Gasteiger partial charge >= 0.3 is 6.16 Å². The molecule has 4 atom stereocenters. The first kappa shape index (κ1) is 20.4. The molecule has 2 fully saturated rings. The lowest BCUT2D eigenvalue weighted by atomic mass is 10.1. The van der Waals surface area contributed by atoms with Crippen LogP contribution in [0.4, 0.5) is 10.7 Å². The number of para-hydroxylation sites is 1. The highest BCUT2D eigenvalue weighted by molar-refractivity contribution is 5.70. The molecule has 0 saturated carbocycles. The summed E-state index contributed by atoms with van der Waals surface area (Å²) >= 11 is 0. The number of H-pyrrole nitrogens is 1. The third-order valence-corrected chi connectivity index (χ3v) is 5.16. The second-order valence-electron chi connectivity index (χ2n) is 7.88. The van der Waals surface area contributed by atoms with Gasteiger partial charge in [0.2, 0.25) is 5.95 Å². The summed E-state index contributed by atoms with van der Waals surface area (Å²) in [4.78, 5) is 34.9. The largest absolute Gasteiger partial charge is 0.513 e. The molecule has 2 aliphatic rings. The first-order chi connectivity index (χ1) is 15.3. The van der Waals surface area contributed by atoms with E-state index in [1.807, 2.05) is 0 Å². The first-order valence-corrected chi connectivity index (χ1v) is 9.94. The van der Waals surface area contributed by atoms with Gasteiger partial charge in [-0.3, -0.25) is 14.3 Å². The van der Waals surface area contributed by atoms with E-state index in [9.17, 15) is 9.59 Å². The van der Waals surface area contributed by atoms with Crippen molar-refractivity contribution in [1.82, 2.24) is 19.5 Å². The van der Waals surface area contributed by atoms with Crippen molar-refractivity contribution >= 4 is 23.3 Å². The number of rotatable bonds is 4. The van der Waals surface area contributed by atoms with E-state index < -0.39 is 42.0 Å². The lowest BCUT2D eigenvalue weighted by molar-refractivity contribution is -0.200. The fraction of sp³-hybridized carbons (Fsp3) is 0.400. The number of nitrogens with zero attached hydrogens (tertiary/aromatic N) is 3. The molecule has 4 heterocycles. The van der Waals surface area contributed by atoms with E-state index in [1.165, 1.54) is 6.33 Å². The van der Waals surface area contributed by atoms with Gasteiger partial charge in [-0.25, -0.2) is 9.78 Å². The van der Waals surface area contributed by atoms with E-state index in [4.69, 9.17) is 29.4 Å². The summed E-state index contributed by atoms with van der Waals surface area (Å²) in [6, 6.07) is 8.57. The maximum atomic E-state index is 12.1. The number of carbonyl (C=O) groups is 1. The SMILES string of the molecule is CC1(C)OC2C(COC(=O)Oc3ccccc3)OC(n3cnc4c(=O)[nH]c(N)nc43)C2O1. The number of nitrogens with two attached hydrogens (primary N) is 1. The number of imidazole rings is 1. The third-order valence-electron chi connectivity index (χ3n) is 5.16. The zero-order chi connectivity index (χ0) is 22.5. The lowest BCUT2D eigenvalue weighted by Crippen LogP contribution is -2.34. The van der Waals surface area contributed by atoms with Crippen molar-refractivity contribution in [1.29, 1.82) is 0 Å². The zero-order valence-electron chi connectivity index (χ0n) is 17.3. The van der Waals surface area contributed by atoms with E-state index in [0.29, 0.717) is 5.75 Å². The van der Waals surface area contributed by atoms with Gasteiger partial charge in [-0.2, -0.15) is 4.98 Å². The summed E-state index contributed by atoms with van der Waals surface area (Å²) in [5.74, 6) is -0.576. The molecule has 0 bridgehead atoms. The van der Waals surface area contributed by atoms with Gasteiger partial charge in [0.05, 0.1) is 6.33 Å². The highest BCUT2D eigenvalue weighted by Gasteiger charge is 2.56. The Morgan fingerprint density at radius 1 is 1.25 bits per heavy atom. The first-order valence-electron chi connectivity index (χ1n) is 9.94. The van der Waals surface area contributed by atoms with Gasteiger partial charge in [0, 0.05) is 0 Å². The summed E-state index contributed by atoms with van der Waals surface area (Å²) in [7, 11) is 0. The van der Waals surface area contributed by atoms with Crippen LogP contribution in [0.2, 0.25) is 0 Å². The fourth-order valence-electron chi connectivity index (χ4n) is 3.91. The summed E-state index contributed by atoms with van der Waals surface area (Å²) in [5, 5.41) is 0. The Labute approximate surface area is 181 Å². The molecular formula is C20H21N5O7. The molecule has 0 amide bonds. The minimum Gasteiger partial charge on any atom is -0.431 e. The molecule has 2 aliphatic heterocycles. The Kier molecular flexibility index (Phi) is 4.84. The molecule has 0 radical (unpaired) electrons. The van der Waals surface area contributed by atoms with Crippen LogP contribution < -0.4 is 16.0 Å². The molecule has 0 aliphatic carbocycles. The minimum absolute atomic E-state index is 0.0498. The smallest absolute Gasteiger partial charge is 0.431 e. The van der Waals surface area contributed by atoms with Crippen molar-refractivity contribution in [3.8, 4) is 5.75 Å². The molecular weight excluding hydrogens is 422 g/mol. The molecule has 2 saturated heterocycles. The van der Waals surface area contributed by atoms with Gasteiger partial charge in [-0.1, -0.05) is 18.2 Å². The Morgan fingerprint density at radius 2 is 2.00 bits per heavy atom. The highest BCUT2D eigenvalue weighted by Crippen LogP contribution is 2.43. The standard InChI is InChI=1S/C20H21N5O7/c1-20(2)31-13-11(8-28-19(27)29-10-6-4-3-5-7-10)30-17(14(13)32-20)25-9-22-12-15(25)23-18(21)24-16(12)26/h3-7,9,11,13-14,17H,8H2,1-2H3,(H3,21,23,24,26). The predicted octanol–water partition coefficient (Wildman–Crippen LogP) is 1.33. The van der Waals surface area contributed by atoms with Gasteiger partial charge in [0.15, 0.2) is 23.2 Å². The maximum absolute atomic E-state index is 12.1. The quantitative estimate of drug-likeness (QED) is 0.446. The van der Waals surface area contributed by atoms with Crippen molar-refractivity contribution in [3.05, 3.63) is 47.0 Å². The molecule has 4 unspecified atom stereocenters. The molecule has 12 heteroatoms. The van der Waals surface area contributed by atoms with Crippen LogP contribution in [0.15, 0.2) is 41.5 Å². The lowest BCUT2D eigenvalue weighted by Gasteiger charge is -2.24. The average Bonchev–Trinajstić information content (AvgIpc) is 3.38. The Hall–Kier alpha value is -3.48. The maximum Gasteiger partial charge on any atom is 0.513 e. The van der Waals surface area contributed by atoms with Crippen LogP contribution in [0.3, 0.4) is 0 Å². The number of hydrogen-bond donors (Lipinski definition) is 2. The number of nitrogen functional groups attached to an aromatic ring is 1. The molecule has 0 spiro atoms. The van der Waals surface area contributed by atoms with Crippen molar-refractivity contribution < 1.29 is 28.5 Å². The van der Waals surface area contributed by atoms with Crippen LogP contribution >= 0.6 is 0 Å². The molecule has 12 nitrogen and oxygen atoms in total. The fourth-order valence-corrected chi connectivity index (χ4v) is 3.91. The molecule has 5 rings (SSSR count). The van der Waals surface area contributed by atoms with E-state index >= 15 is 0 Å². The predicted molar refractivity (Wildman–Crippen MR) is 109 cm³/mol. The van der Waals surface area contributed by atoms with Gasteiger partial charge < -0.3 is 29.4 Å². The monoisotopic (exact) mass is 443 g/mol.